The third kappa shape index (κ3) is 1.66. The van der Waals surface area contributed by atoms with Gasteiger partial charge in [-0.3, -0.25) is 0 Å². The zero-order chi connectivity index (χ0) is 9.10. The van der Waals surface area contributed by atoms with E-state index in [-0.39, 0.29) is 0 Å². The molecule has 0 radical (unpaired) electrons. The summed E-state index contributed by atoms with van der Waals surface area (Å²) in [6.07, 6.45) is 2.74. The Kier molecular flexibility index (Phi) is 2.21. The standard InChI is InChI=1S/C11H12O2/c1-2-9-4-5-10-11(8-9)13-7-3-6-12-10/h2,4-5,8H,1,3,6-7H2. The van der Waals surface area contributed by atoms with Crippen molar-refractivity contribution in [3.05, 3.63) is 30.3 Å². The maximum Gasteiger partial charge on any atom is 0.161 e. The molecule has 2 rings (SSSR count). The Hall–Kier alpha value is -1.44. The second-order valence-electron chi connectivity index (χ2n) is 2.96. The van der Waals surface area contributed by atoms with E-state index in [1.165, 1.54) is 0 Å². The zero-order valence-corrected chi connectivity index (χ0v) is 7.45. The van der Waals surface area contributed by atoms with Gasteiger partial charge in [0.05, 0.1) is 13.2 Å². The first-order valence-corrected chi connectivity index (χ1v) is 4.42. The van der Waals surface area contributed by atoms with Crippen LogP contribution in [0.15, 0.2) is 24.8 Å². The van der Waals surface area contributed by atoms with E-state index in [4.69, 9.17) is 9.47 Å². The van der Waals surface area contributed by atoms with Crippen LogP contribution in [0.1, 0.15) is 12.0 Å². The number of hydrogen-bond acceptors (Lipinski definition) is 2. The van der Waals surface area contributed by atoms with E-state index in [1.807, 2.05) is 18.2 Å². The summed E-state index contributed by atoms with van der Waals surface area (Å²) in [7, 11) is 0. The highest BCUT2D eigenvalue weighted by atomic mass is 16.5. The third-order valence-corrected chi connectivity index (χ3v) is 2.01. The largest absolute Gasteiger partial charge is 0.490 e. The summed E-state index contributed by atoms with van der Waals surface area (Å²) in [6, 6.07) is 5.85. The molecule has 1 aromatic rings. The summed E-state index contributed by atoms with van der Waals surface area (Å²) >= 11 is 0. The smallest absolute Gasteiger partial charge is 0.161 e. The highest BCUT2D eigenvalue weighted by molar-refractivity contribution is 5.54. The van der Waals surface area contributed by atoms with Crippen LogP contribution in [0.3, 0.4) is 0 Å². The van der Waals surface area contributed by atoms with Crippen LogP contribution >= 0.6 is 0 Å². The van der Waals surface area contributed by atoms with Gasteiger partial charge in [-0.1, -0.05) is 18.7 Å². The van der Waals surface area contributed by atoms with Gasteiger partial charge in [0.1, 0.15) is 0 Å². The highest BCUT2D eigenvalue weighted by Gasteiger charge is 2.09. The van der Waals surface area contributed by atoms with Crippen LogP contribution in [-0.2, 0) is 0 Å². The predicted molar refractivity (Wildman–Crippen MR) is 52.1 cm³/mol. The van der Waals surface area contributed by atoms with Crippen LogP contribution < -0.4 is 9.47 Å². The van der Waals surface area contributed by atoms with Gasteiger partial charge in [0, 0.05) is 6.42 Å². The lowest BCUT2D eigenvalue weighted by molar-refractivity contribution is 0.297. The fraction of sp³-hybridized carbons (Fsp3) is 0.273. The van der Waals surface area contributed by atoms with Crippen molar-refractivity contribution < 1.29 is 9.47 Å². The summed E-state index contributed by atoms with van der Waals surface area (Å²) in [5.74, 6) is 1.66. The quantitative estimate of drug-likeness (QED) is 0.654. The summed E-state index contributed by atoms with van der Waals surface area (Å²) < 4.78 is 11.0. The molecule has 0 N–H and O–H groups in total. The molecule has 0 aromatic heterocycles. The van der Waals surface area contributed by atoms with E-state index in [0.717, 1.165) is 36.7 Å². The van der Waals surface area contributed by atoms with Gasteiger partial charge < -0.3 is 9.47 Å². The molecule has 0 amide bonds. The fourth-order valence-corrected chi connectivity index (χ4v) is 1.31. The molecule has 0 bridgehead atoms. The molecular formula is C11H12O2. The minimum atomic E-state index is 0.730. The normalized spacial score (nSPS) is 14.8. The monoisotopic (exact) mass is 176 g/mol. The maximum absolute atomic E-state index is 5.52. The number of ether oxygens (including phenoxy) is 2. The fourth-order valence-electron chi connectivity index (χ4n) is 1.31. The predicted octanol–water partition coefficient (Wildman–Crippen LogP) is 2.49. The topological polar surface area (TPSA) is 18.5 Å². The van der Waals surface area contributed by atoms with Crippen LogP contribution in [0.25, 0.3) is 6.08 Å². The molecule has 0 saturated carbocycles. The Balaban J connectivity index is 2.37. The maximum atomic E-state index is 5.52. The van der Waals surface area contributed by atoms with Crippen LogP contribution in [0.5, 0.6) is 11.5 Å². The molecule has 1 aliphatic rings. The first kappa shape index (κ1) is 8.17. The van der Waals surface area contributed by atoms with Crippen LogP contribution in [0.2, 0.25) is 0 Å². The van der Waals surface area contributed by atoms with E-state index in [0.29, 0.717) is 0 Å². The third-order valence-electron chi connectivity index (χ3n) is 2.01. The Labute approximate surface area is 77.8 Å². The van der Waals surface area contributed by atoms with Gasteiger partial charge in [0.2, 0.25) is 0 Å². The lowest BCUT2D eigenvalue weighted by Gasteiger charge is -2.06. The Morgan fingerprint density at radius 2 is 1.92 bits per heavy atom. The van der Waals surface area contributed by atoms with Gasteiger partial charge in [-0.15, -0.1) is 0 Å². The summed E-state index contributed by atoms with van der Waals surface area (Å²) in [4.78, 5) is 0. The molecule has 0 spiro atoms. The van der Waals surface area contributed by atoms with Crippen molar-refractivity contribution in [2.45, 2.75) is 6.42 Å². The van der Waals surface area contributed by atoms with Gasteiger partial charge in [-0.2, -0.15) is 0 Å². The molecule has 13 heavy (non-hydrogen) atoms. The molecule has 1 aliphatic heterocycles. The van der Waals surface area contributed by atoms with Gasteiger partial charge in [-0.05, 0) is 17.7 Å². The Bertz CT molecular complexity index is 318. The second-order valence-corrected chi connectivity index (χ2v) is 2.96. The van der Waals surface area contributed by atoms with Gasteiger partial charge in [0.25, 0.3) is 0 Å². The molecule has 0 saturated heterocycles. The minimum absolute atomic E-state index is 0.730. The molecule has 0 aliphatic carbocycles. The van der Waals surface area contributed by atoms with E-state index in [9.17, 15) is 0 Å². The van der Waals surface area contributed by atoms with Crippen molar-refractivity contribution in [3.8, 4) is 11.5 Å². The average Bonchev–Trinajstić information content (AvgIpc) is 2.41. The van der Waals surface area contributed by atoms with Crippen molar-refractivity contribution in [2.24, 2.45) is 0 Å². The number of rotatable bonds is 1. The molecule has 68 valence electrons. The first-order valence-electron chi connectivity index (χ1n) is 4.42. The van der Waals surface area contributed by atoms with E-state index in [1.54, 1.807) is 6.08 Å². The summed E-state index contributed by atoms with van der Waals surface area (Å²) in [5.41, 5.74) is 1.06. The molecule has 0 atom stereocenters. The molecule has 2 heteroatoms. The van der Waals surface area contributed by atoms with Crippen molar-refractivity contribution in [1.82, 2.24) is 0 Å². The zero-order valence-electron chi connectivity index (χ0n) is 7.45. The van der Waals surface area contributed by atoms with Crippen LogP contribution in [0.4, 0.5) is 0 Å². The molecule has 0 unspecified atom stereocenters. The number of hydrogen-bond donors (Lipinski definition) is 0. The number of benzene rings is 1. The van der Waals surface area contributed by atoms with Gasteiger partial charge >= 0.3 is 0 Å². The van der Waals surface area contributed by atoms with Crippen molar-refractivity contribution in [2.75, 3.05) is 13.2 Å². The molecule has 0 fully saturated rings. The van der Waals surface area contributed by atoms with Crippen LogP contribution in [-0.4, -0.2) is 13.2 Å². The lowest BCUT2D eigenvalue weighted by Crippen LogP contribution is -1.97. The molecule has 1 heterocycles. The van der Waals surface area contributed by atoms with Crippen molar-refractivity contribution in [3.63, 3.8) is 0 Å². The Morgan fingerprint density at radius 1 is 1.15 bits per heavy atom. The number of fused-ring (bicyclic) bond motifs is 1. The van der Waals surface area contributed by atoms with E-state index >= 15 is 0 Å². The summed E-state index contributed by atoms with van der Waals surface area (Å²) in [5, 5.41) is 0. The minimum Gasteiger partial charge on any atom is -0.490 e. The van der Waals surface area contributed by atoms with E-state index in [2.05, 4.69) is 6.58 Å². The molecule has 1 aromatic carbocycles. The highest BCUT2D eigenvalue weighted by Crippen LogP contribution is 2.30. The first-order chi connectivity index (χ1) is 6.40. The van der Waals surface area contributed by atoms with Crippen LogP contribution in [0, 0.1) is 0 Å². The van der Waals surface area contributed by atoms with Gasteiger partial charge in [-0.25, -0.2) is 0 Å². The van der Waals surface area contributed by atoms with Crippen molar-refractivity contribution >= 4 is 6.08 Å². The molecular weight excluding hydrogens is 164 g/mol. The Morgan fingerprint density at radius 3 is 2.69 bits per heavy atom. The van der Waals surface area contributed by atoms with E-state index < -0.39 is 0 Å². The molecule has 2 nitrogen and oxygen atoms in total. The lowest BCUT2D eigenvalue weighted by atomic mass is 10.2. The summed E-state index contributed by atoms with van der Waals surface area (Å²) in [6.45, 7) is 5.17. The van der Waals surface area contributed by atoms with Crippen molar-refractivity contribution in [1.29, 1.82) is 0 Å². The second kappa shape index (κ2) is 3.52. The van der Waals surface area contributed by atoms with Gasteiger partial charge in [0.15, 0.2) is 11.5 Å². The average molecular weight is 176 g/mol. The SMILES string of the molecule is C=Cc1ccc2c(c1)OCCCO2.